The zero-order chi connectivity index (χ0) is 19.7. The third-order valence-electron chi connectivity index (χ3n) is 4.99. The van der Waals surface area contributed by atoms with E-state index >= 15 is 0 Å². The predicted octanol–water partition coefficient (Wildman–Crippen LogP) is 2.73. The van der Waals surface area contributed by atoms with Gasteiger partial charge in [-0.15, -0.1) is 0 Å². The monoisotopic (exact) mass is 398 g/mol. The molecule has 1 fully saturated rings. The van der Waals surface area contributed by atoms with E-state index in [4.69, 9.17) is 4.74 Å². The lowest BCUT2D eigenvalue weighted by atomic mass is 10.2. The van der Waals surface area contributed by atoms with Crippen LogP contribution >= 0.6 is 0 Å². The third-order valence-corrected chi connectivity index (χ3v) is 6.10. The molecule has 2 heterocycles. The molecule has 0 unspecified atom stereocenters. The van der Waals surface area contributed by atoms with E-state index in [0.717, 1.165) is 30.9 Å². The molecular formula is C20H22N4O3S. The molecule has 4 rings (SSSR count). The van der Waals surface area contributed by atoms with Crippen molar-refractivity contribution in [1.82, 2.24) is 9.97 Å². The number of rotatable bonds is 5. The van der Waals surface area contributed by atoms with Crippen molar-refractivity contribution < 1.29 is 13.2 Å². The Bertz CT molecular complexity index is 1120. The number of benzene rings is 2. The third kappa shape index (κ3) is 3.60. The van der Waals surface area contributed by atoms with Crippen molar-refractivity contribution in [2.45, 2.75) is 17.4 Å². The van der Waals surface area contributed by atoms with Crippen LogP contribution in [0.4, 0.5) is 11.5 Å². The largest absolute Gasteiger partial charge is 0.495 e. The number of ether oxygens (including phenoxy) is 1. The van der Waals surface area contributed by atoms with Crippen molar-refractivity contribution in [1.29, 1.82) is 0 Å². The number of nitrogens with one attached hydrogen (secondary N) is 1. The van der Waals surface area contributed by atoms with E-state index in [2.05, 4.69) is 26.3 Å². The van der Waals surface area contributed by atoms with Gasteiger partial charge >= 0.3 is 0 Å². The lowest BCUT2D eigenvalue weighted by Gasteiger charge is -2.21. The summed E-state index contributed by atoms with van der Waals surface area (Å²) >= 11 is 0. The van der Waals surface area contributed by atoms with E-state index in [0.29, 0.717) is 16.7 Å². The summed E-state index contributed by atoms with van der Waals surface area (Å²) in [5.74, 6) is 1.51. The van der Waals surface area contributed by atoms with Crippen LogP contribution in [-0.2, 0) is 9.84 Å². The fourth-order valence-electron chi connectivity index (χ4n) is 3.56. The SMILES string of the molecule is COc1ccccc1N1CC[C@H](Nc2ncnc3ccc(S(C)(=O)=O)cc23)C1. The van der Waals surface area contributed by atoms with Crippen molar-refractivity contribution in [2.75, 3.05) is 36.7 Å². The quantitative estimate of drug-likeness (QED) is 0.707. The maximum atomic E-state index is 11.9. The van der Waals surface area contributed by atoms with Crippen LogP contribution in [0.2, 0.25) is 0 Å². The Morgan fingerprint density at radius 1 is 1.18 bits per heavy atom. The highest BCUT2D eigenvalue weighted by Gasteiger charge is 2.25. The minimum atomic E-state index is -3.30. The van der Waals surface area contributed by atoms with Crippen molar-refractivity contribution >= 4 is 32.2 Å². The zero-order valence-corrected chi connectivity index (χ0v) is 16.6. The first-order valence-electron chi connectivity index (χ1n) is 9.05. The molecule has 3 aromatic rings. The molecule has 0 saturated carbocycles. The lowest BCUT2D eigenvalue weighted by molar-refractivity contribution is 0.415. The lowest BCUT2D eigenvalue weighted by Crippen LogP contribution is -2.26. The van der Waals surface area contributed by atoms with Crippen LogP contribution in [0.3, 0.4) is 0 Å². The zero-order valence-electron chi connectivity index (χ0n) is 15.8. The first-order chi connectivity index (χ1) is 13.5. The van der Waals surface area contributed by atoms with E-state index in [1.807, 2.05) is 18.2 Å². The maximum absolute atomic E-state index is 11.9. The molecule has 8 heteroatoms. The second kappa shape index (κ2) is 7.27. The molecule has 1 aliphatic heterocycles. The molecule has 0 bridgehead atoms. The summed E-state index contributed by atoms with van der Waals surface area (Å²) in [6.07, 6.45) is 3.64. The molecule has 0 amide bonds. The average Bonchev–Trinajstić information content (AvgIpc) is 3.15. The second-order valence-corrected chi connectivity index (χ2v) is 8.94. The van der Waals surface area contributed by atoms with E-state index in [1.54, 1.807) is 25.3 Å². The number of aromatic nitrogens is 2. The van der Waals surface area contributed by atoms with Gasteiger partial charge < -0.3 is 15.0 Å². The van der Waals surface area contributed by atoms with E-state index in [9.17, 15) is 8.42 Å². The minimum Gasteiger partial charge on any atom is -0.495 e. The summed E-state index contributed by atoms with van der Waals surface area (Å²) in [5, 5.41) is 4.18. The Kier molecular flexibility index (Phi) is 4.80. The Morgan fingerprint density at radius 2 is 2.00 bits per heavy atom. The fourth-order valence-corrected chi connectivity index (χ4v) is 4.21. The molecule has 146 valence electrons. The van der Waals surface area contributed by atoms with Gasteiger partial charge in [-0.3, -0.25) is 0 Å². The van der Waals surface area contributed by atoms with Crippen molar-refractivity contribution in [3.63, 3.8) is 0 Å². The minimum absolute atomic E-state index is 0.185. The van der Waals surface area contributed by atoms with Gasteiger partial charge in [0.05, 0.1) is 23.2 Å². The van der Waals surface area contributed by atoms with Gasteiger partial charge in [0.15, 0.2) is 9.84 Å². The maximum Gasteiger partial charge on any atom is 0.175 e. The normalized spacial score (nSPS) is 17.1. The summed E-state index contributed by atoms with van der Waals surface area (Å²) < 4.78 is 29.3. The number of fused-ring (bicyclic) bond motifs is 1. The van der Waals surface area contributed by atoms with Gasteiger partial charge in [-0.2, -0.15) is 0 Å². The molecule has 0 aliphatic carbocycles. The van der Waals surface area contributed by atoms with Gasteiger partial charge in [-0.05, 0) is 36.8 Å². The number of para-hydroxylation sites is 2. The van der Waals surface area contributed by atoms with Crippen LogP contribution in [0.15, 0.2) is 53.7 Å². The Morgan fingerprint density at radius 3 is 2.79 bits per heavy atom. The van der Waals surface area contributed by atoms with Gasteiger partial charge in [0, 0.05) is 30.8 Å². The Labute approximate surface area is 164 Å². The van der Waals surface area contributed by atoms with Crippen LogP contribution in [0.1, 0.15) is 6.42 Å². The van der Waals surface area contributed by atoms with Gasteiger partial charge in [0.2, 0.25) is 0 Å². The molecule has 1 N–H and O–H groups in total. The molecule has 2 aromatic carbocycles. The summed E-state index contributed by atoms with van der Waals surface area (Å²) in [5.41, 5.74) is 1.78. The van der Waals surface area contributed by atoms with Crippen LogP contribution in [0.25, 0.3) is 10.9 Å². The summed E-state index contributed by atoms with van der Waals surface area (Å²) in [4.78, 5) is 11.2. The van der Waals surface area contributed by atoms with E-state index in [1.165, 1.54) is 12.6 Å². The number of methoxy groups -OCH3 is 1. The van der Waals surface area contributed by atoms with Gasteiger partial charge in [-0.25, -0.2) is 18.4 Å². The molecule has 1 atom stereocenters. The first-order valence-corrected chi connectivity index (χ1v) is 10.9. The molecule has 0 spiro atoms. The molecule has 1 aliphatic rings. The van der Waals surface area contributed by atoms with E-state index in [-0.39, 0.29) is 10.9 Å². The fraction of sp³-hybridized carbons (Fsp3) is 0.300. The number of nitrogens with zero attached hydrogens (tertiary/aromatic N) is 3. The van der Waals surface area contributed by atoms with Gasteiger partial charge in [0.1, 0.15) is 17.9 Å². The number of hydrogen-bond donors (Lipinski definition) is 1. The average molecular weight is 398 g/mol. The van der Waals surface area contributed by atoms with Gasteiger partial charge in [-0.1, -0.05) is 12.1 Å². The molecule has 7 nitrogen and oxygen atoms in total. The molecule has 1 aromatic heterocycles. The van der Waals surface area contributed by atoms with Crippen molar-refractivity contribution in [2.24, 2.45) is 0 Å². The molecule has 28 heavy (non-hydrogen) atoms. The topological polar surface area (TPSA) is 84.4 Å². The summed E-state index contributed by atoms with van der Waals surface area (Å²) in [6, 6.07) is 13.1. The van der Waals surface area contributed by atoms with Crippen LogP contribution < -0.4 is 15.0 Å². The smallest absolute Gasteiger partial charge is 0.175 e. The summed E-state index contributed by atoms with van der Waals surface area (Å²) in [6.45, 7) is 1.70. The highest BCUT2D eigenvalue weighted by molar-refractivity contribution is 7.90. The van der Waals surface area contributed by atoms with Crippen LogP contribution in [0, 0.1) is 0 Å². The van der Waals surface area contributed by atoms with E-state index < -0.39 is 9.84 Å². The highest BCUT2D eigenvalue weighted by Crippen LogP contribution is 2.31. The first kappa shape index (κ1) is 18.5. The second-order valence-electron chi connectivity index (χ2n) is 6.92. The molecule has 0 radical (unpaired) electrons. The van der Waals surface area contributed by atoms with Crippen molar-refractivity contribution in [3.8, 4) is 5.75 Å². The Balaban J connectivity index is 1.59. The van der Waals surface area contributed by atoms with Crippen LogP contribution in [0.5, 0.6) is 5.75 Å². The highest BCUT2D eigenvalue weighted by atomic mass is 32.2. The number of anilines is 2. The van der Waals surface area contributed by atoms with Crippen molar-refractivity contribution in [3.05, 3.63) is 48.8 Å². The number of sulfone groups is 1. The Hall–Kier alpha value is -2.87. The summed E-state index contributed by atoms with van der Waals surface area (Å²) in [7, 11) is -1.62. The van der Waals surface area contributed by atoms with Crippen LogP contribution in [-0.4, -0.2) is 50.9 Å². The molecule has 1 saturated heterocycles. The van der Waals surface area contributed by atoms with Gasteiger partial charge in [0.25, 0.3) is 0 Å². The predicted molar refractivity (Wildman–Crippen MR) is 110 cm³/mol. The molecular weight excluding hydrogens is 376 g/mol. The standard InChI is InChI=1S/C20H22N4O3S/c1-27-19-6-4-3-5-18(19)24-10-9-14(12-24)23-20-16-11-15(28(2,25)26)7-8-17(16)21-13-22-20/h3-8,11,13-14H,9-10,12H2,1-2H3,(H,21,22,23)/t14-/m0/s1. The number of hydrogen-bond acceptors (Lipinski definition) is 7.